The molecule has 0 aliphatic carbocycles. The lowest BCUT2D eigenvalue weighted by molar-refractivity contribution is -0.385. The van der Waals surface area contributed by atoms with Crippen LogP contribution in [0.5, 0.6) is 11.5 Å². The van der Waals surface area contributed by atoms with Gasteiger partial charge in [-0.25, -0.2) is 9.37 Å². The SMILES string of the molecule is COc1cc(C=Nn2c(C(C)(C)C)nc3ccc(Br)cc3c2=O)cc([N+](=O)[O-])c1OCC(=O)Nc1cccc(F)c1. The van der Waals surface area contributed by atoms with E-state index in [2.05, 4.69) is 31.3 Å². The summed E-state index contributed by atoms with van der Waals surface area (Å²) in [4.78, 5) is 41.6. The van der Waals surface area contributed by atoms with E-state index in [1.807, 2.05) is 20.8 Å². The normalized spacial score (nSPS) is 11.6. The van der Waals surface area contributed by atoms with Crippen molar-refractivity contribution in [2.75, 3.05) is 19.0 Å². The maximum absolute atomic E-state index is 13.4. The van der Waals surface area contributed by atoms with E-state index in [0.717, 1.165) is 10.7 Å². The van der Waals surface area contributed by atoms with Crippen LogP contribution in [0.2, 0.25) is 0 Å². The molecule has 41 heavy (non-hydrogen) atoms. The highest BCUT2D eigenvalue weighted by atomic mass is 79.9. The Morgan fingerprint density at radius 2 is 1.98 bits per heavy atom. The number of hydrogen-bond acceptors (Lipinski definition) is 8. The zero-order valence-electron chi connectivity index (χ0n) is 22.5. The molecule has 13 heteroatoms. The molecule has 0 saturated carbocycles. The van der Waals surface area contributed by atoms with Gasteiger partial charge in [-0.3, -0.25) is 19.7 Å². The Morgan fingerprint density at radius 1 is 1.22 bits per heavy atom. The molecule has 11 nitrogen and oxygen atoms in total. The third kappa shape index (κ3) is 6.74. The molecular formula is C28H25BrFN5O6. The lowest BCUT2D eigenvalue weighted by atomic mass is 9.95. The van der Waals surface area contributed by atoms with Gasteiger partial charge in [0.25, 0.3) is 11.5 Å². The highest BCUT2D eigenvalue weighted by Gasteiger charge is 2.25. The van der Waals surface area contributed by atoms with Crippen LogP contribution in [0.25, 0.3) is 10.9 Å². The van der Waals surface area contributed by atoms with Crippen molar-refractivity contribution in [2.24, 2.45) is 5.10 Å². The maximum atomic E-state index is 13.4. The largest absolute Gasteiger partial charge is 0.493 e. The number of fused-ring (bicyclic) bond motifs is 1. The Balaban J connectivity index is 1.69. The van der Waals surface area contributed by atoms with E-state index in [-0.39, 0.29) is 22.7 Å². The van der Waals surface area contributed by atoms with Crippen molar-refractivity contribution in [1.29, 1.82) is 0 Å². The van der Waals surface area contributed by atoms with Gasteiger partial charge in [0.1, 0.15) is 11.6 Å². The molecule has 4 aromatic rings. The maximum Gasteiger partial charge on any atom is 0.315 e. The predicted octanol–water partition coefficient (Wildman–Crippen LogP) is 5.41. The summed E-state index contributed by atoms with van der Waals surface area (Å²) in [5.74, 6) is -1.14. The lowest BCUT2D eigenvalue weighted by Gasteiger charge is -2.20. The number of anilines is 1. The number of nitro groups is 1. The van der Waals surface area contributed by atoms with Crippen molar-refractivity contribution in [2.45, 2.75) is 26.2 Å². The van der Waals surface area contributed by atoms with Crippen molar-refractivity contribution in [1.82, 2.24) is 9.66 Å². The molecule has 0 spiro atoms. The van der Waals surface area contributed by atoms with Gasteiger partial charge in [0.05, 0.1) is 29.2 Å². The van der Waals surface area contributed by atoms with Gasteiger partial charge in [0, 0.05) is 27.2 Å². The van der Waals surface area contributed by atoms with Gasteiger partial charge >= 0.3 is 5.69 Å². The fourth-order valence-electron chi connectivity index (χ4n) is 3.88. The molecule has 1 N–H and O–H groups in total. The number of nitrogens with zero attached hydrogens (tertiary/aromatic N) is 4. The van der Waals surface area contributed by atoms with Gasteiger partial charge in [0.2, 0.25) is 5.75 Å². The van der Waals surface area contributed by atoms with Gasteiger partial charge in [-0.1, -0.05) is 42.8 Å². The van der Waals surface area contributed by atoms with Crippen LogP contribution in [0.15, 0.2) is 69.0 Å². The average molecular weight is 626 g/mol. The van der Waals surface area contributed by atoms with Crippen molar-refractivity contribution in [3.05, 3.63) is 96.7 Å². The summed E-state index contributed by atoms with van der Waals surface area (Å²) in [7, 11) is 1.28. The third-order valence-corrected chi connectivity index (χ3v) is 6.22. The minimum atomic E-state index is -0.693. The number of carbonyl (C=O) groups is 1. The van der Waals surface area contributed by atoms with Crippen molar-refractivity contribution in [3.63, 3.8) is 0 Å². The Labute approximate surface area is 241 Å². The summed E-state index contributed by atoms with van der Waals surface area (Å²) in [6.45, 7) is 5.05. The standard InChI is InChI=1S/C28H25BrFN5O6/c1-28(2,3)27-33-21-9-8-17(29)12-20(21)26(37)34(27)31-14-16-10-22(35(38)39)25(23(11-16)40-4)41-15-24(36)32-19-7-5-6-18(30)13-19/h5-14H,15H2,1-4H3,(H,32,36). The molecule has 1 amide bonds. The molecule has 0 atom stereocenters. The third-order valence-electron chi connectivity index (χ3n) is 5.73. The first kappa shape index (κ1) is 29.3. The minimum Gasteiger partial charge on any atom is -0.493 e. The van der Waals surface area contributed by atoms with E-state index in [1.165, 1.54) is 43.7 Å². The zero-order chi connectivity index (χ0) is 29.9. The first-order chi connectivity index (χ1) is 19.4. The van der Waals surface area contributed by atoms with Crippen molar-refractivity contribution >= 4 is 50.3 Å². The molecule has 0 radical (unpaired) electrons. The molecular weight excluding hydrogens is 601 g/mol. The fourth-order valence-corrected chi connectivity index (χ4v) is 4.24. The van der Waals surface area contributed by atoms with Crippen molar-refractivity contribution in [3.8, 4) is 11.5 Å². The smallest absolute Gasteiger partial charge is 0.315 e. The summed E-state index contributed by atoms with van der Waals surface area (Å²) < 4.78 is 26.0. The van der Waals surface area contributed by atoms with Crippen LogP contribution < -0.4 is 20.3 Å². The number of hydrogen-bond donors (Lipinski definition) is 1. The number of nitrogens with one attached hydrogen (secondary N) is 1. The molecule has 0 bridgehead atoms. The summed E-state index contributed by atoms with van der Waals surface area (Å²) in [6, 6.07) is 13.0. The molecule has 4 rings (SSSR count). The minimum absolute atomic E-state index is 0.0387. The number of aromatic nitrogens is 2. The number of nitro benzene ring substituents is 1. The van der Waals surface area contributed by atoms with Crippen LogP contribution in [0, 0.1) is 15.9 Å². The van der Waals surface area contributed by atoms with E-state index in [1.54, 1.807) is 18.2 Å². The monoisotopic (exact) mass is 625 g/mol. The Hall–Kier alpha value is -4.65. The van der Waals surface area contributed by atoms with Gasteiger partial charge in [-0.15, -0.1) is 0 Å². The quantitative estimate of drug-likeness (QED) is 0.157. The second-order valence-corrected chi connectivity index (χ2v) is 10.8. The lowest BCUT2D eigenvalue weighted by Crippen LogP contribution is -2.29. The molecule has 0 aliphatic rings. The number of halogens is 2. The van der Waals surface area contributed by atoms with E-state index >= 15 is 0 Å². The molecule has 0 fully saturated rings. The van der Waals surface area contributed by atoms with Crippen LogP contribution in [-0.4, -0.2) is 40.4 Å². The number of ether oxygens (including phenoxy) is 2. The Morgan fingerprint density at radius 3 is 2.63 bits per heavy atom. The molecule has 0 saturated heterocycles. The van der Waals surface area contributed by atoms with Crippen LogP contribution in [0.3, 0.4) is 0 Å². The number of carbonyl (C=O) groups excluding carboxylic acids is 1. The van der Waals surface area contributed by atoms with Crippen LogP contribution in [0.4, 0.5) is 15.8 Å². The van der Waals surface area contributed by atoms with E-state index in [9.17, 15) is 24.1 Å². The number of amides is 1. The van der Waals surface area contributed by atoms with Crippen LogP contribution in [-0.2, 0) is 10.2 Å². The summed E-state index contributed by atoms with van der Waals surface area (Å²) >= 11 is 3.37. The number of rotatable bonds is 8. The fraction of sp³-hybridized carbons (Fsp3) is 0.214. The molecule has 0 aliphatic heterocycles. The van der Waals surface area contributed by atoms with Crippen molar-refractivity contribution < 1.29 is 23.6 Å². The highest BCUT2D eigenvalue weighted by molar-refractivity contribution is 9.10. The van der Waals surface area contributed by atoms with Gasteiger partial charge in [-0.05, 0) is 42.5 Å². The molecule has 1 heterocycles. The summed E-state index contributed by atoms with van der Waals surface area (Å²) in [5, 5.41) is 19.1. The zero-order valence-corrected chi connectivity index (χ0v) is 24.1. The van der Waals surface area contributed by atoms with E-state index < -0.39 is 39.9 Å². The molecule has 0 unspecified atom stereocenters. The van der Waals surface area contributed by atoms with Gasteiger partial charge in [0.15, 0.2) is 12.4 Å². The van der Waals surface area contributed by atoms with Gasteiger partial charge in [-0.2, -0.15) is 9.78 Å². The first-order valence-corrected chi connectivity index (χ1v) is 13.0. The predicted molar refractivity (Wildman–Crippen MR) is 156 cm³/mol. The topological polar surface area (TPSA) is 138 Å². The summed E-state index contributed by atoms with van der Waals surface area (Å²) in [6.07, 6.45) is 1.28. The molecule has 212 valence electrons. The molecule has 1 aromatic heterocycles. The second kappa shape index (κ2) is 11.8. The summed E-state index contributed by atoms with van der Waals surface area (Å²) in [5.41, 5.74) is -0.532. The first-order valence-electron chi connectivity index (χ1n) is 12.2. The van der Waals surface area contributed by atoms with Gasteiger partial charge < -0.3 is 14.8 Å². The molecule has 3 aromatic carbocycles. The average Bonchev–Trinajstić information content (AvgIpc) is 2.90. The van der Waals surface area contributed by atoms with E-state index in [4.69, 9.17) is 9.47 Å². The number of benzene rings is 3. The number of methoxy groups -OCH3 is 1. The highest BCUT2D eigenvalue weighted by Crippen LogP contribution is 2.38. The van der Waals surface area contributed by atoms with E-state index in [0.29, 0.717) is 21.2 Å². The van der Waals surface area contributed by atoms with Crippen LogP contribution in [0.1, 0.15) is 32.2 Å². The Bertz CT molecular complexity index is 1750. The van der Waals surface area contributed by atoms with Crippen LogP contribution >= 0.6 is 15.9 Å². The second-order valence-electron chi connectivity index (χ2n) is 9.88. The Kier molecular flexibility index (Phi) is 8.47.